The van der Waals surface area contributed by atoms with Gasteiger partial charge in [0.05, 0.1) is 16.6 Å². The van der Waals surface area contributed by atoms with E-state index in [-0.39, 0.29) is 24.4 Å². The molecule has 1 aromatic heterocycles. The molecule has 3 rings (SSSR count). The largest absolute Gasteiger partial charge is 0.444 e. The normalized spacial score (nSPS) is 12.0. The molecular weight excluding hydrogens is 394 g/mol. The molecule has 2 N–H and O–H groups in total. The van der Waals surface area contributed by atoms with E-state index in [0.717, 1.165) is 0 Å². The minimum Gasteiger partial charge on any atom is -0.444 e. The first-order valence-corrected chi connectivity index (χ1v) is 10.2. The lowest BCUT2D eigenvalue weighted by atomic mass is 10.1. The number of ether oxygens (including phenoxy) is 1. The van der Waals surface area contributed by atoms with E-state index in [1.165, 1.54) is 0 Å². The number of hydrogen-bond donors (Lipinski definition) is 2. The molecule has 2 amide bonds. The second-order valence-corrected chi connectivity index (χ2v) is 9.24. The number of fused-ring (bicyclic) bond motifs is 2. The Balaban J connectivity index is 1.81. The maximum Gasteiger partial charge on any atom is 0.407 e. The van der Waals surface area contributed by atoms with Crippen molar-refractivity contribution in [1.29, 1.82) is 0 Å². The van der Waals surface area contributed by atoms with Gasteiger partial charge in [-0.1, -0.05) is 24.3 Å². The first-order chi connectivity index (χ1) is 14.5. The van der Waals surface area contributed by atoms with Crippen LogP contribution in [-0.4, -0.2) is 34.3 Å². The lowest BCUT2D eigenvalue weighted by Gasteiger charge is -2.28. The Bertz CT molecular complexity index is 1130. The van der Waals surface area contributed by atoms with Crippen molar-refractivity contribution in [2.75, 3.05) is 6.54 Å². The average Bonchev–Trinajstić information content (AvgIpc) is 2.68. The summed E-state index contributed by atoms with van der Waals surface area (Å²) in [6, 6.07) is 14.5. The highest BCUT2D eigenvalue weighted by atomic mass is 16.6. The van der Waals surface area contributed by atoms with Crippen molar-refractivity contribution in [2.45, 2.75) is 52.3 Å². The Kier molecular flexibility index (Phi) is 6.06. The summed E-state index contributed by atoms with van der Waals surface area (Å²) in [6.07, 6.45) is -0.535. The van der Waals surface area contributed by atoms with Gasteiger partial charge in [-0.05, 0) is 58.9 Å². The zero-order valence-corrected chi connectivity index (χ0v) is 18.6. The summed E-state index contributed by atoms with van der Waals surface area (Å²) in [7, 11) is 0. The van der Waals surface area contributed by atoms with Gasteiger partial charge in [0.25, 0.3) is 0 Å². The minimum atomic E-state index is -0.696. The van der Waals surface area contributed by atoms with Crippen molar-refractivity contribution >= 4 is 33.8 Å². The van der Waals surface area contributed by atoms with Gasteiger partial charge in [-0.25, -0.2) is 4.79 Å². The first-order valence-electron chi connectivity index (χ1n) is 10.2. The van der Waals surface area contributed by atoms with Crippen LogP contribution in [0.3, 0.4) is 0 Å². The highest BCUT2D eigenvalue weighted by Crippen LogP contribution is 2.19. The van der Waals surface area contributed by atoms with Gasteiger partial charge in [0, 0.05) is 17.3 Å². The van der Waals surface area contributed by atoms with Crippen LogP contribution in [0.2, 0.25) is 0 Å². The molecule has 0 spiro atoms. The van der Waals surface area contributed by atoms with Gasteiger partial charge in [-0.2, -0.15) is 0 Å². The molecule has 0 aliphatic rings. The third-order valence-electron chi connectivity index (χ3n) is 4.73. The number of aromatic nitrogens is 1. The zero-order valence-electron chi connectivity index (χ0n) is 18.6. The Labute approximate surface area is 181 Å². The second-order valence-electron chi connectivity index (χ2n) is 9.24. The molecule has 0 unspecified atom stereocenters. The fraction of sp³-hybridized carbons (Fsp3) is 0.375. The highest BCUT2D eigenvalue weighted by molar-refractivity contribution is 5.94. The molecule has 7 nitrogen and oxygen atoms in total. The van der Waals surface area contributed by atoms with Crippen LogP contribution in [0.15, 0.2) is 53.3 Å². The van der Waals surface area contributed by atoms with Gasteiger partial charge in [0.1, 0.15) is 12.1 Å². The fourth-order valence-corrected chi connectivity index (χ4v) is 3.46. The maximum absolute atomic E-state index is 12.9. The van der Waals surface area contributed by atoms with E-state index in [1.54, 1.807) is 32.9 Å². The van der Waals surface area contributed by atoms with Crippen LogP contribution in [0.25, 0.3) is 21.8 Å². The van der Waals surface area contributed by atoms with Crippen LogP contribution < -0.4 is 16.1 Å². The third-order valence-corrected chi connectivity index (χ3v) is 4.73. The number of nitrogens with zero attached hydrogens (tertiary/aromatic N) is 1. The molecule has 0 bridgehead atoms. The number of pyridine rings is 1. The Morgan fingerprint density at radius 1 is 0.903 bits per heavy atom. The standard InChI is InChI=1S/C24H29N3O4/c1-23(2,3)31-22(30)25-15-24(4,5)26-20(28)14-27-18-12-8-6-10-16(18)21(29)17-11-7-9-13-19(17)27/h6-13H,14-15H2,1-5H3,(H,25,30)(H,26,28). The van der Waals surface area contributed by atoms with Gasteiger partial charge < -0.3 is 19.9 Å². The molecule has 1 heterocycles. The number of nitrogens with one attached hydrogen (secondary N) is 2. The van der Waals surface area contributed by atoms with E-state index in [0.29, 0.717) is 21.8 Å². The second kappa shape index (κ2) is 8.41. The summed E-state index contributed by atoms with van der Waals surface area (Å²) in [6.45, 7) is 9.26. The van der Waals surface area contributed by atoms with E-state index < -0.39 is 17.2 Å². The van der Waals surface area contributed by atoms with Crippen LogP contribution in [-0.2, 0) is 16.1 Å². The van der Waals surface area contributed by atoms with Crippen molar-refractivity contribution in [3.8, 4) is 0 Å². The summed E-state index contributed by atoms with van der Waals surface area (Å²) in [5.41, 5.74) is 0.0598. The zero-order chi connectivity index (χ0) is 22.8. The lowest BCUT2D eigenvalue weighted by Crippen LogP contribution is -2.52. The molecule has 0 radical (unpaired) electrons. The monoisotopic (exact) mass is 423 g/mol. The number of carbonyl (C=O) groups is 2. The molecule has 0 atom stereocenters. The quantitative estimate of drug-likeness (QED) is 0.614. The molecule has 0 aliphatic heterocycles. The SMILES string of the molecule is CC(C)(CNC(=O)OC(C)(C)C)NC(=O)Cn1c2ccccc2c(=O)c2ccccc21. The maximum atomic E-state index is 12.9. The van der Waals surface area contributed by atoms with Crippen molar-refractivity contribution in [1.82, 2.24) is 15.2 Å². The van der Waals surface area contributed by atoms with Crippen LogP contribution in [0, 0.1) is 0 Å². The van der Waals surface area contributed by atoms with Crippen molar-refractivity contribution in [3.63, 3.8) is 0 Å². The smallest absolute Gasteiger partial charge is 0.407 e. The van der Waals surface area contributed by atoms with E-state index in [2.05, 4.69) is 10.6 Å². The van der Waals surface area contributed by atoms with Crippen LogP contribution in [0.1, 0.15) is 34.6 Å². The van der Waals surface area contributed by atoms with Gasteiger partial charge in [-0.15, -0.1) is 0 Å². The average molecular weight is 424 g/mol. The summed E-state index contributed by atoms with van der Waals surface area (Å²) in [4.78, 5) is 37.7. The number of rotatable bonds is 5. The minimum absolute atomic E-state index is 0.0389. The summed E-state index contributed by atoms with van der Waals surface area (Å²) in [5, 5.41) is 6.79. The van der Waals surface area contributed by atoms with Crippen LogP contribution in [0.5, 0.6) is 0 Å². The van der Waals surface area contributed by atoms with Crippen LogP contribution in [0.4, 0.5) is 4.79 Å². The molecule has 164 valence electrons. The molecule has 0 saturated heterocycles. The number of alkyl carbamates (subject to hydrolysis) is 1. The summed E-state index contributed by atoms with van der Waals surface area (Å²) < 4.78 is 7.09. The van der Waals surface area contributed by atoms with E-state index >= 15 is 0 Å². The number of para-hydroxylation sites is 2. The molecule has 7 heteroatoms. The van der Waals surface area contributed by atoms with Gasteiger partial charge >= 0.3 is 6.09 Å². The van der Waals surface area contributed by atoms with Crippen molar-refractivity contribution in [3.05, 3.63) is 58.8 Å². The molecule has 31 heavy (non-hydrogen) atoms. The third kappa shape index (κ3) is 5.42. The Hall–Kier alpha value is -3.35. The molecule has 0 aliphatic carbocycles. The summed E-state index contributed by atoms with van der Waals surface area (Å²) >= 11 is 0. The molecular formula is C24H29N3O4. The first kappa shape index (κ1) is 22.3. The van der Waals surface area contributed by atoms with Crippen molar-refractivity contribution < 1.29 is 14.3 Å². The van der Waals surface area contributed by atoms with Gasteiger partial charge in [-0.3, -0.25) is 9.59 Å². The number of hydrogen-bond acceptors (Lipinski definition) is 4. The highest BCUT2D eigenvalue weighted by Gasteiger charge is 2.24. The number of benzene rings is 2. The topological polar surface area (TPSA) is 89.4 Å². The van der Waals surface area contributed by atoms with Gasteiger partial charge in [0.15, 0.2) is 5.43 Å². The van der Waals surface area contributed by atoms with E-state index in [9.17, 15) is 14.4 Å². The van der Waals surface area contributed by atoms with Crippen molar-refractivity contribution in [2.24, 2.45) is 0 Å². The van der Waals surface area contributed by atoms with E-state index in [4.69, 9.17) is 4.74 Å². The van der Waals surface area contributed by atoms with E-state index in [1.807, 2.05) is 54.8 Å². The molecule has 0 fully saturated rings. The predicted molar refractivity (Wildman–Crippen MR) is 122 cm³/mol. The molecule has 2 aromatic carbocycles. The molecule has 0 saturated carbocycles. The Morgan fingerprint density at radius 2 is 1.42 bits per heavy atom. The lowest BCUT2D eigenvalue weighted by molar-refractivity contribution is -0.123. The van der Waals surface area contributed by atoms with Gasteiger partial charge in [0.2, 0.25) is 5.91 Å². The predicted octanol–water partition coefficient (Wildman–Crippen LogP) is 3.57. The van der Waals surface area contributed by atoms with Crippen LogP contribution >= 0.6 is 0 Å². The molecule has 3 aromatic rings. The summed E-state index contributed by atoms with van der Waals surface area (Å²) in [5.74, 6) is -0.227. The Morgan fingerprint density at radius 3 is 1.94 bits per heavy atom. The number of carbonyl (C=O) groups excluding carboxylic acids is 2. The fourth-order valence-electron chi connectivity index (χ4n) is 3.46. The number of amides is 2.